The van der Waals surface area contributed by atoms with Crippen molar-refractivity contribution in [1.82, 2.24) is 9.55 Å². The maximum absolute atomic E-state index is 10.6. The molecule has 0 bridgehead atoms. The second-order valence-electron chi connectivity index (χ2n) is 3.49. The number of hydrogen-bond donors (Lipinski definition) is 2. The molecule has 0 saturated heterocycles. The standard InChI is InChI=1S/C9H12N2O3/c1-5-7(8(12)9(13)14)10-6-3-2-4-11(5)6/h8,12H,2-4H2,1H3,(H,13,14). The molecule has 2 N–H and O–H groups in total. The Balaban J connectivity index is 2.41. The molecular formula is C9H12N2O3. The molecule has 2 rings (SSSR count). The number of carbonyl (C=O) groups is 1. The van der Waals surface area contributed by atoms with Crippen molar-refractivity contribution in [2.45, 2.75) is 32.4 Å². The first-order valence-corrected chi connectivity index (χ1v) is 4.58. The van der Waals surface area contributed by atoms with E-state index in [1.807, 2.05) is 4.57 Å². The fraction of sp³-hybridized carbons (Fsp3) is 0.556. The first-order chi connectivity index (χ1) is 6.61. The van der Waals surface area contributed by atoms with E-state index in [9.17, 15) is 9.90 Å². The summed E-state index contributed by atoms with van der Waals surface area (Å²) >= 11 is 0. The lowest BCUT2D eigenvalue weighted by Gasteiger charge is -2.04. The second kappa shape index (κ2) is 3.09. The first-order valence-electron chi connectivity index (χ1n) is 4.58. The Labute approximate surface area is 81.0 Å². The number of aromatic nitrogens is 2. The van der Waals surface area contributed by atoms with Crippen LogP contribution in [0, 0.1) is 6.92 Å². The van der Waals surface area contributed by atoms with Gasteiger partial charge in [-0.3, -0.25) is 0 Å². The van der Waals surface area contributed by atoms with E-state index in [1.165, 1.54) is 0 Å². The van der Waals surface area contributed by atoms with Crippen LogP contribution in [0.25, 0.3) is 0 Å². The van der Waals surface area contributed by atoms with Gasteiger partial charge in [0, 0.05) is 18.7 Å². The van der Waals surface area contributed by atoms with Gasteiger partial charge in [0.2, 0.25) is 0 Å². The van der Waals surface area contributed by atoms with Crippen LogP contribution in [0.2, 0.25) is 0 Å². The summed E-state index contributed by atoms with van der Waals surface area (Å²) in [5.74, 6) is -0.359. The number of aryl methyl sites for hydroxylation is 1. The van der Waals surface area contributed by atoms with Gasteiger partial charge >= 0.3 is 5.97 Å². The summed E-state index contributed by atoms with van der Waals surface area (Å²) in [6.07, 6.45) is 0.424. The smallest absolute Gasteiger partial charge is 0.338 e. The summed E-state index contributed by atoms with van der Waals surface area (Å²) in [6, 6.07) is 0. The number of carboxylic acids is 1. The minimum Gasteiger partial charge on any atom is -0.479 e. The third-order valence-electron chi connectivity index (χ3n) is 2.61. The van der Waals surface area contributed by atoms with Crippen LogP contribution in [-0.4, -0.2) is 25.7 Å². The number of aliphatic hydroxyl groups excluding tert-OH is 1. The number of nitrogens with zero attached hydrogens (tertiary/aromatic N) is 2. The Morgan fingerprint density at radius 1 is 1.64 bits per heavy atom. The molecule has 5 nitrogen and oxygen atoms in total. The average molecular weight is 196 g/mol. The highest BCUT2D eigenvalue weighted by atomic mass is 16.4. The molecule has 1 aliphatic heterocycles. The molecule has 0 radical (unpaired) electrons. The summed E-state index contributed by atoms with van der Waals surface area (Å²) in [4.78, 5) is 14.7. The molecule has 1 atom stereocenters. The lowest BCUT2D eigenvalue weighted by molar-refractivity contribution is -0.147. The van der Waals surface area contributed by atoms with Crippen molar-refractivity contribution in [1.29, 1.82) is 0 Å². The summed E-state index contributed by atoms with van der Waals surface area (Å²) in [5.41, 5.74) is 1.06. The van der Waals surface area contributed by atoms with Gasteiger partial charge in [0.05, 0.1) is 0 Å². The van der Waals surface area contributed by atoms with Crippen molar-refractivity contribution < 1.29 is 15.0 Å². The predicted molar refractivity (Wildman–Crippen MR) is 47.9 cm³/mol. The van der Waals surface area contributed by atoms with Gasteiger partial charge in [-0.25, -0.2) is 9.78 Å². The van der Waals surface area contributed by atoms with E-state index in [1.54, 1.807) is 6.92 Å². The van der Waals surface area contributed by atoms with Crippen LogP contribution < -0.4 is 0 Å². The second-order valence-corrected chi connectivity index (χ2v) is 3.49. The Kier molecular flexibility index (Phi) is 2.03. The molecule has 5 heteroatoms. The summed E-state index contributed by atoms with van der Waals surface area (Å²) < 4.78 is 1.97. The highest BCUT2D eigenvalue weighted by Gasteiger charge is 2.26. The maximum Gasteiger partial charge on any atom is 0.338 e. The summed E-state index contributed by atoms with van der Waals surface area (Å²) in [7, 11) is 0. The zero-order chi connectivity index (χ0) is 10.3. The SMILES string of the molecule is Cc1c(C(O)C(=O)O)nc2n1CCC2. The highest BCUT2D eigenvalue weighted by molar-refractivity contribution is 5.73. The number of imidazole rings is 1. The van der Waals surface area contributed by atoms with Crippen molar-refractivity contribution in [2.24, 2.45) is 0 Å². The Hall–Kier alpha value is -1.36. The molecule has 0 aliphatic carbocycles. The Morgan fingerprint density at radius 3 is 2.93 bits per heavy atom. The van der Waals surface area contributed by atoms with Gasteiger partial charge in [-0.15, -0.1) is 0 Å². The normalized spacial score (nSPS) is 16.7. The van der Waals surface area contributed by atoms with Crippen LogP contribution in [0.5, 0.6) is 0 Å². The number of rotatable bonds is 2. The molecule has 0 aromatic carbocycles. The van der Waals surface area contributed by atoms with Gasteiger partial charge in [0.15, 0.2) is 6.10 Å². The highest BCUT2D eigenvalue weighted by Crippen LogP contribution is 2.23. The van der Waals surface area contributed by atoms with E-state index < -0.39 is 12.1 Å². The van der Waals surface area contributed by atoms with E-state index in [4.69, 9.17) is 5.11 Å². The van der Waals surface area contributed by atoms with Crippen LogP contribution >= 0.6 is 0 Å². The largest absolute Gasteiger partial charge is 0.479 e. The molecule has 0 saturated carbocycles. The number of carboxylic acid groups (broad SMARTS) is 1. The molecule has 14 heavy (non-hydrogen) atoms. The van der Waals surface area contributed by atoms with Gasteiger partial charge in [-0.05, 0) is 13.3 Å². The number of aliphatic carboxylic acids is 1. The monoisotopic (exact) mass is 196 g/mol. The lowest BCUT2D eigenvalue weighted by Crippen LogP contribution is -2.12. The van der Waals surface area contributed by atoms with Crippen molar-refractivity contribution >= 4 is 5.97 Å². The number of fused-ring (bicyclic) bond motifs is 1. The van der Waals surface area contributed by atoms with Crippen LogP contribution in [0.4, 0.5) is 0 Å². The third-order valence-corrected chi connectivity index (χ3v) is 2.61. The minimum absolute atomic E-state index is 0.284. The topological polar surface area (TPSA) is 75.3 Å². The number of hydrogen-bond acceptors (Lipinski definition) is 3. The van der Waals surface area contributed by atoms with Crippen molar-refractivity contribution in [2.75, 3.05) is 0 Å². The summed E-state index contributed by atoms with van der Waals surface area (Å²) in [5, 5.41) is 18.0. The first kappa shape index (κ1) is 9.21. The van der Waals surface area contributed by atoms with E-state index in [0.717, 1.165) is 30.9 Å². The van der Waals surface area contributed by atoms with Crippen molar-refractivity contribution in [3.8, 4) is 0 Å². The van der Waals surface area contributed by atoms with E-state index in [-0.39, 0.29) is 5.69 Å². The van der Waals surface area contributed by atoms with E-state index in [0.29, 0.717) is 0 Å². The zero-order valence-electron chi connectivity index (χ0n) is 7.90. The molecule has 1 aliphatic rings. The van der Waals surface area contributed by atoms with Gasteiger partial charge in [-0.1, -0.05) is 0 Å². The van der Waals surface area contributed by atoms with Crippen LogP contribution in [-0.2, 0) is 17.8 Å². The fourth-order valence-corrected chi connectivity index (χ4v) is 1.87. The van der Waals surface area contributed by atoms with Gasteiger partial charge in [0.25, 0.3) is 0 Å². The van der Waals surface area contributed by atoms with Crippen LogP contribution in [0.1, 0.15) is 29.7 Å². The molecule has 0 amide bonds. The van der Waals surface area contributed by atoms with Gasteiger partial charge < -0.3 is 14.8 Å². The maximum atomic E-state index is 10.6. The molecule has 2 heterocycles. The molecule has 1 aromatic heterocycles. The van der Waals surface area contributed by atoms with Gasteiger partial charge in [0.1, 0.15) is 11.5 Å². The minimum atomic E-state index is -1.49. The Bertz CT molecular complexity index is 384. The molecule has 0 spiro atoms. The van der Waals surface area contributed by atoms with E-state index in [2.05, 4.69) is 4.98 Å². The Morgan fingerprint density at radius 2 is 2.36 bits per heavy atom. The van der Waals surface area contributed by atoms with Crippen LogP contribution in [0.3, 0.4) is 0 Å². The number of aliphatic hydroxyl groups is 1. The molecule has 0 fully saturated rings. The van der Waals surface area contributed by atoms with Crippen molar-refractivity contribution in [3.05, 3.63) is 17.2 Å². The molecule has 1 aromatic rings. The van der Waals surface area contributed by atoms with Crippen LogP contribution in [0.15, 0.2) is 0 Å². The molecule has 76 valence electrons. The molecule has 1 unspecified atom stereocenters. The quantitative estimate of drug-likeness (QED) is 0.711. The zero-order valence-corrected chi connectivity index (χ0v) is 7.90. The third kappa shape index (κ3) is 1.21. The van der Waals surface area contributed by atoms with Crippen molar-refractivity contribution in [3.63, 3.8) is 0 Å². The average Bonchev–Trinajstić information content (AvgIpc) is 2.68. The fourth-order valence-electron chi connectivity index (χ4n) is 1.87. The van der Waals surface area contributed by atoms with Gasteiger partial charge in [-0.2, -0.15) is 0 Å². The predicted octanol–water partition coefficient (Wildman–Crippen LogP) is 0.256. The summed E-state index contributed by atoms with van der Waals surface area (Å²) in [6.45, 7) is 2.67. The lowest BCUT2D eigenvalue weighted by atomic mass is 10.2. The molecular weight excluding hydrogens is 184 g/mol. The van der Waals surface area contributed by atoms with E-state index >= 15 is 0 Å².